The number of rotatable bonds is 1. The van der Waals surface area contributed by atoms with Crippen molar-refractivity contribution in [1.29, 1.82) is 0 Å². The van der Waals surface area contributed by atoms with Crippen molar-refractivity contribution in [3.63, 3.8) is 0 Å². The van der Waals surface area contributed by atoms with Crippen molar-refractivity contribution in [1.82, 2.24) is 9.97 Å². The Morgan fingerprint density at radius 1 is 1.70 bits per heavy atom. The van der Waals surface area contributed by atoms with Crippen molar-refractivity contribution in [2.45, 2.75) is 0 Å². The molecule has 50 valence electrons. The third-order valence-corrected chi connectivity index (χ3v) is 1.25. The third kappa shape index (κ3) is 0.556. The summed E-state index contributed by atoms with van der Waals surface area (Å²) in [6, 6.07) is 1.79. The van der Waals surface area contributed by atoms with Crippen molar-refractivity contribution >= 4 is 23.9 Å². The van der Waals surface area contributed by atoms with E-state index in [4.69, 9.17) is 4.42 Å². The second kappa shape index (κ2) is 1.70. The maximum absolute atomic E-state index is 4.97. The fourth-order valence-electron chi connectivity index (χ4n) is 0.802. The number of H-pyrrole nitrogens is 1. The standard InChI is InChI=1S/C6H5N3O/c1-7-6-8-4-2-3-10-5(4)9-6/h2-3H,1H2,(H,8,9). The van der Waals surface area contributed by atoms with E-state index >= 15 is 0 Å². The molecule has 0 amide bonds. The van der Waals surface area contributed by atoms with E-state index in [9.17, 15) is 0 Å². The minimum atomic E-state index is 0.495. The van der Waals surface area contributed by atoms with Crippen molar-refractivity contribution in [2.75, 3.05) is 0 Å². The molecule has 0 aliphatic heterocycles. The first-order valence-corrected chi connectivity index (χ1v) is 2.80. The van der Waals surface area contributed by atoms with Crippen LogP contribution in [0.15, 0.2) is 21.7 Å². The quantitative estimate of drug-likeness (QED) is 0.602. The molecule has 0 fully saturated rings. The Kier molecular flexibility index (Phi) is 0.887. The Morgan fingerprint density at radius 2 is 2.60 bits per heavy atom. The van der Waals surface area contributed by atoms with Crippen molar-refractivity contribution in [3.8, 4) is 0 Å². The van der Waals surface area contributed by atoms with Crippen LogP contribution in [0, 0.1) is 0 Å². The van der Waals surface area contributed by atoms with Crippen LogP contribution >= 0.6 is 0 Å². The van der Waals surface area contributed by atoms with Gasteiger partial charge < -0.3 is 9.40 Å². The van der Waals surface area contributed by atoms with E-state index < -0.39 is 0 Å². The molecule has 4 heteroatoms. The zero-order valence-corrected chi connectivity index (χ0v) is 5.16. The Hall–Kier alpha value is -1.58. The molecule has 0 atom stereocenters. The summed E-state index contributed by atoms with van der Waals surface area (Å²) < 4.78 is 4.97. The number of hydrogen-bond donors (Lipinski definition) is 1. The summed E-state index contributed by atoms with van der Waals surface area (Å²) in [6.45, 7) is 3.32. The second-order valence-electron chi connectivity index (χ2n) is 1.86. The molecule has 4 nitrogen and oxygen atoms in total. The molecule has 1 N–H and O–H groups in total. The van der Waals surface area contributed by atoms with Gasteiger partial charge in [-0.3, -0.25) is 0 Å². The summed E-state index contributed by atoms with van der Waals surface area (Å²) in [5, 5.41) is 0. The van der Waals surface area contributed by atoms with E-state index in [1.54, 1.807) is 12.3 Å². The Balaban J connectivity index is 2.78. The van der Waals surface area contributed by atoms with Gasteiger partial charge in [0.25, 0.3) is 0 Å². The predicted molar refractivity (Wildman–Crippen MR) is 37.6 cm³/mol. The first-order chi connectivity index (χ1) is 4.90. The van der Waals surface area contributed by atoms with E-state index in [1.165, 1.54) is 0 Å². The molecular formula is C6H5N3O. The lowest BCUT2D eigenvalue weighted by Gasteiger charge is -1.75. The Labute approximate surface area is 56.6 Å². The second-order valence-corrected chi connectivity index (χ2v) is 1.86. The van der Waals surface area contributed by atoms with Crippen LogP contribution < -0.4 is 0 Å². The molecule has 0 aliphatic carbocycles. The summed E-state index contributed by atoms with van der Waals surface area (Å²) in [5.41, 5.74) is 1.42. The molecule has 0 bridgehead atoms. The van der Waals surface area contributed by atoms with E-state index in [0.717, 1.165) is 5.52 Å². The average molecular weight is 135 g/mol. The number of aromatic nitrogens is 2. The van der Waals surface area contributed by atoms with Gasteiger partial charge in [0.05, 0.1) is 6.26 Å². The molecule has 2 rings (SSSR count). The first-order valence-electron chi connectivity index (χ1n) is 2.80. The molecule has 0 saturated carbocycles. The van der Waals surface area contributed by atoms with Gasteiger partial charge in [-0.05, 0) is 6.72 Å². The normalized spacial score (nSPS) is 10.4. The largest absolute Gasteiger partial charge is 0.445 e. The fraction of sp³-hybridized carbons (Fsp3) is 0. The number of nitrogens with one attached hydrogen (secondary N) is 1. The van der Waals surface area contributed by atoms with Gasteiger partial charge in [-0.2, -0.15) is 4.98 Å². The van der Waals surface area contributed by atoms with Gasteiger partial charge in [0.15, 0.2) is 0 Å². The highest BCUT2D eigenvalue weighted by Gasteiger charge is 2.00. The summed E-state index contributed by atoms with van der Waals surface area (Å²) in [4.78, 5) is 10.4. The van der Waals surface area contributed by atoms with E-state index in [1.807, 2.05) is 0 Å². The van der Waals surface area contributed by atoms with Crippen LogP contribution in [0.4, 0.5) is 5.95 Å². The molecule has 0 radical (unpaired) electrons. The van der Waals surface area contributed by atoms with Crippen LogP contribution in [0.1, 0.15) is 0 Å². The minimum Gasteiger partial charge on any atom is -0.445 e. The number of fused-ring (bicyclic) bond motifs is 1. The third-order valence-electron chi connectivity index (χ3n) is 1.25. The van der Waals surface area contributed by atoms with Gasteiger partial charge in [0.2, 0.25) is 11.7 Å². The lowest BCUT2D eigenvalue weighted by Crippen LogP contribution is -1.61. The van der Waals surface area contributed by atoms with Crippen molar-refractivity contribution in [3.05, 3.63) is 12.3 Å². The number of aromatic amines is 1. The summed E-state index contributed by atoms with van der Waals surface area (Å²) >= 11 is 0. The van der Waals surface area contributed by atoms with Crippen LogP contribution in [0.5, 0.6) is 0 Å². The zero-order chi connectivity index (χ0) is 6.97. The SMILES string of the molecule is C=Nc1nc2occc2[nH]1. The molecule has 0 spiro atoms. The van der Waals surface area contributed by atoms with E-state index in [0.29, 0.717) is 11.7 Å². The molecule has 2 aromatic heterocycles. The molecule has 0 saturated heterocycles. The molecule has 2 heterocycles. The summed E-state index contributed by atoms with van der Waals surface area (Å²) in [6.07, 6.45) is 1.57. The smallest absolute Gasteiger partial charge is 0.246 e. The van der Waals surface area contributed by atoms with Crippen LogP contribution in [-0.4, -0.2) is 16.7 Å². The monoisotopic (exact) mass is 135 g/mol. The highest BCUT2D eigenvalue weighted by atomic mass is 16.3. The lowest BCUT2D eigenvalue weighted by molar-refractivity contribution is 0.604. The molecule has 0 aromatic carbocycles. The predicted octanol–water partition coefficient (Wildman–Crippen LogP) is 1.49. The number of imidazole rings is 1. The molecule has 0 aliphatic rings. The van der Waals surface area contributed by atoms with Gasteiger partial charge in [0.1, 0.15) is 5.52 Å². The van der Waals surface area contributed by atoms with Gasteiger partial charge in [0, 0.05) is 6.07 Å². The molecule has 0 unspecified atom stereocenters. The molecule has 2 aromatic rings. The topological polar surface area (TPSA) is 54.2 Å². The van der Waals surface area contributed by atoms with Gasteiger partial charge in [-0.25, -0.2) is 4.99 Å². The van der Waals surface area contributed by atoms with Gasteiger partial charge >= 0.3 is 0 Å². The van der Waals surface area contributed by atoms with Gasteiger partial charge in [-0.1, -0.05) is 0 Å². The Morgan fingerprint density at radius 3 is 3.30 bits per heavy atom. The minimum absolute atomic E-state index is 0.495. The van der Waals surface area contributed by atoms with Crippen LogP contribution in [0.3, 0.4) is 0 Å². The highest BCUT2D eigenvalue weighted by molar-refractivity contribution is 5.71. The van der Waals surface area contributed by atoms with E-state index in [-0.39, 0.29) is 0 Å². The number of furan rings is 1. The Bertz CT molecular complexity index is 331. The average Bonchev–Trinajstić information content (AvgIpc) is 2.42. The fourth-order valence-corrected chi connectivity index (χ4v) is 0.802. The maximum atomic E-state index is 4.97. The number of hydrogen-bond acceptors (Lipinski definition) is 3. The summed E-state index contributed by atoms with van der Waals surface area (Å²) in [7, 11) is 0. The lowest BCUT2D eigenvalue weighted by atomic mass is 10.6. The first kappa shape index (κ1) is 5.22. The number of nitrogens with zero attached hydrogens (tertiary/aromatic N) is 2. The maximum Gasteiger partial charge on any atom is 0.246 e. The van der Waals surface area contributed by atoms with E-state index in [2.05, 4.69) is 21.7 Å². The summed E-state index contributed by atoms with van der Waals surface area (Å²) in [5.74, 6) is 0.495. The highest BCUT2D eigenvalue weighted by Crippen LogP contribution is 2.15. The number of aliphatic imine (C=N–C) groups is 1. The van der Waals surface area contributed by atoms with Crippen LogP contribution in [0.2, 0.25) is 0 Å². The molecule has 10 heavy (non-hydrogen) atoms. The zero-order valence-electron chi connectivity index (χ0n) is 5.16. The van der Waals surface area contributed by atoms with Gasteiger partial charge in [-0.15, -0.1) is 0 Å². The van der Waals surface area contributed by atoms with Crippen LogP contribution in [0.25, 0.3) is 11.2 Å². The molecular weight excluding hydrogens is 130 g/mol. The van der Waals surface area contributed by atoms with Crippen molar-refractivity contribution in [2.24, 2.45) is 4.99 Å². The van der Waals surface area contributed by atoms with Crippen molar-refractivity contribution < 1.29 is 4.42 Å². The van der Waals surface area contributed by atoms with Crippen LogP contribution in [-0.2, 0) is 0 Å².